The number of carbonyl (C=O) groups excluding carboxylic acids is 1. The van der Waals surface area contributed by atoms with E-state index in [0.29, 0.717) is 12.2 Å². The number of hydrogen-bond donors (Lipinski definition) is 1. The Labute approximate surface area is 109 Å². The summed E-state index contributed by atoms with van der Waals surface area (Å²) in [4.78, 5) is 11.3. The summed E-state index contributed by atoms with van der Waals surface area (Å²) in [5, 5.41) is 11.2. The summed E-state index contributed by atoms with van der Waals surface area (Å²) >= 11 is 1.51. The molecular weight excluding hydrogens is 232 g/mol. The van der Waals surface area contributed by atoms with E-state index in [1.165, 1.54) is 17.3 Å². The molecular formula is C13H22N2OS. The second-order valence-electron chi connectivity index (χ2n) is 4.08. The van der Waals surface area contributed by atoms with E-state index in [4.69, 9.17) is 5.26 Å². The van der Waals surface area contributed by atoms with Gasteiger partial charge in [0.1, 0.15) is 0 Å². The third-order valence-corrected chi connectivity index (χ3v) is 3.15. The Kier molecular flexibility index (Phi) is 10.9. The number of nitrogens with zero attached hydrogens (tertiary/aromatic N) is 1. The highest BCUT2D eigenvalue weighted by molar-refractivity contribution is 7.99. The molecule has 0 saturated heterocycles. The lowest BCUT2D eigenvalue weighted by molar-refractivity contribution is -0.118. The van der Waals surface area contributed by atoms with E-state index in [1.54, 1.807) is 0 Å². The molecule has 0 fully saturated rings. The molecule has 0 aromatic carbocycles. The summed E-state index contributed by atoms with van der Waals surface area (Å²) in [7, 11) is 0. The lowest BCUT2D eigenvalue weighted by atomic mass is 10.1. The number of hydrogen-bond acceptors (Lipinski definition) is 3. The molecule has 4 heteroatoms. The number of thioether (sulfide) groups is 1. The van der Waals surface area contributed by atoms with Crippen LogP contribution >= 0.6 is 11.8 Å². The molecule has 0 atom stereocenters. The van der Waals surface area contributed by atoms with Crippen LogP contribution in [0, 0.1) is 11.3 Å². The fourth-order valence-electron chi connectivity index (χ4n) is 1.29. The summed E-state index contributed by atoms with van der Waals surface area (Å²) in [5.41, 5.74) is 1.22. The zero-order valence-electron chi connectivity index (χ0n) is 10.6. The molecule has 0 unspecified atom stereocenters. The Bertz CT molecular complexity index is 271. The molecule has 0 aromatic heterocycles. The van der Waals surface area contributed by atoms with Gasteiger partial charge < -0.3 is 5.32 Å². The number of allylic oxidation sites excluding steroid dienone is 1. The highest BCUT2D eigenvalue weighted by Crippen LogP contribution is 2.05. The van der Waals surface area contributed by atoms with Gasteiger partial charge in [0.2, 0.25) is 5.91 Å². The molecule has 3 nitrogen and oxygen atoms in total. The molecule has 0 heterocycles. The Balaban J connectivity index is 3.22. The molecule has 17 heavy (non-hydrogen) atoms. The molecule has 0 aromatic rings. The van der Waals surface area contributed by atoms with Crippen LogP contribution in [-0.4, -0.2) is 24.0 Å². The summed E-state index contributed by atoms with van der Waals surface area (Å²) in [6, 6.07) is 2.06. The quantitative estimate of drug-likeness (QED) is 0.482. The van der Waals surface area contributed by atoms with Gasteiger partial charge in [-0.25, -0.2) is 0 Å². The fraction of sp³-hybridized carbons (Fsp3) is 0.692. The first-order valence-electron chi connectivity index (χ1n) is 6.02. The average Bonchev–Trinajstić information content (AvgIpc) is 2.29. The number of carbonyl (C=O) groups is 1. The van der Waals surface area contributed by atoms with Crippen LogP contribution in [0.25, 0.3) is 0 Å². The average molecular weight is 254 g/mol. The molecule has 0 saturated carbocycles. The van der Waals surface area contributed by atoms with Gasteiger partial charge >= 0.3 is 0 Å². The standard InChI is InChI=1S/C13H22N2OS/c1-12(2)7-4-3-5-9-15-13(16)11-17-10-6-8-14/h1,3-7,9-11H2,2H3,(H,15,16). The second-order valence-corrected chi connectivity index (χ2v) is 5.18. The molecule has 1 amide bonds. The summed E-state index contributed by atoms with van der Waals surface area (Å²) < 4.78 is 0. The van der Waals surface area contributed by atoms with Gasteiger partial charge in [0, 0.05) is 18.7 Å². The molecule has 0 aliphatic carbocycles. The summed E-state index contributed by atoms with van der Waals surface area (Å²) in [5.74, 6) is 1.28. The van der Waals surface area contributed by atoms with Crippen molar-refractivity contribution < 1.29 is 4.79 Å². The van der Waals surface area contributed by atoms with Crippen LogP contribution in [0.5, 0.6) is 0 Å². The van der Waals surface area contributed by atoms with Crippen LogP contribution in [0.3, 0.4) is 0 Å². The van der Waals surface area contributed by atoms with E-state index < -0.39 is 0 Å². The molecule has 0 spiro atoms. The second kappa shape index (κ2) is 11.5. The number of nitriles is 1. The number of amides is 1. The van der Waals surface area contributed by atoms with Crippen molar-refractivity contribution in [1.82, 2.24) is 5.32 Å². The molecule has 0 rings (SSSR count). The topological polar surface area (TPSA) is 52.9 Å². The van der Waals surface area contributed by atoms with Crippen LogP contribution in [0.2, 0.25) is 0 Å². The number of nitrogens with one attached hydrogen (secondary N) is 1. The lowest BCUT2D eigenvalue weighted by Gasteiger charge is -2.04. The van der Waals surface area contributed by atoms with Gasteiger partial charge in [0.05, 0.1) is 11.8 Å². The van der Waals surface area contributed by atoms with Gasteiger partial charge in [-0.05, 0) is 26.2 Å². The number of rotatable bonds is 10. The smallest absolute Gasteiger partial charge is 0.229 e. The summed E-state index contributed by atoms with van der Waals surface area (Å²) in [6.45, 7) is 6.65. The summed E-state index contributed by atoms with van der Waals surface area (Å²) in [6.07, 6.45) is 4.91. The minimum absolute atomic E-state index is 0.0767. The lowest BCUT2D eigenvalue weighted by Crippen LogP contribution is -2.26. The first-order chi connectivity index (χ1) is 8.16. The van der Waals surface area contributed by atoms with Crippen LogP contribution in [0.15, 0.2) is 12.2 Å². The first kappa shape index (κ1) is 16.1. The van der Waals surface area contributed by atoms with Crippen molar-refractivity contribution in [3.63, 3.8) is 0 Å². The molecule has 96 valence electrons. The van der Waals surface area contributed by atoms with Gasteiger partial charge in [0.15, 0.2) is 0 Å². The van der Waals surface area contributed by atoms with Gasteiger partial charge in [-0.3, -0.25) is 4.79 Å². The van der Waals surface area contributed by atoms with Gasteiger partial charge in [-0.2, -0.15) is 17.0 Å². The van der Waals surface area contributed by atoms with Crippen LogP contribution in [-0.2, 0) is 4.79 Å². The fourth-order valence-corrected chi connectivity index (χ4v) is 1.96. The van der Waals surface area contributed by atoms with Gasteiger partial charge in [0.25, 0.3) is 0 Å². The first-order valence-corrected chi connectivity index (χ1v) is 7.18. The third kappa shape index (κ3) is 13.0. The van der Waals surface area contributed by atoms with E-state index in [9.17, 15) is 4.79 Å². The zero-order chi connectivity index (χ0) is 12.9. The SMILES string of the molecule is C=C(C)CCCCCNC(=O)CSCCC#N. The predicted octanol–water partition coefficient (Wildman–Crippen LogP) is 2.89. The van der Waals surface area contributed by atoms with Crippen LogP contribution in [0.4, 0.5) is 0 Å². The molecule has 0 aliphatic heterocycles. The van der Waals surface area contributed by atoms with E-state index in [2.05, 4.69) is 18.0 Å². The highest BCUT2D eigenvalue weighted by atomic mass is 32.2. The van der Waals surface area contributed by atoms with Gasteiger partial charge in [-0.15, -0.1) is 6.58 Å². The molecule has 0 bridgehead atoms. The van der Waals surface area contributed by atoms with Crippen molar-refractivity contribution in [3.8, 4) is 6.07 Å². The molecule has 0 radical (unpaired) electrons. The zero-order valence-corrected chi connectivity index (χ0v) is 11.4. The Morgan fingerprint density at radius 1 is 1.41 bits per heavy atom. The maximum atomic E-state index is 11.3. The Hall–Kier alpha value is -0.950. The van der Waals surface area contributed by atoms with Crippen molar-refractivity contribution >= 4 is 17.7 Å². The van der Waals surface area contributed by atoms with Crippen LogP contribution in [0.1, 0.15) is 39.0 Å². The minimum atomic E-state index is 0.0767. The van der Waals surface area contributed by atoms with E-state index >= 15 is 0 Å². The highest BCUT2D eigenvalue weighted by Gasteiger charge is 2.00. The number of unbranched alkanes of at least 4 members (excludes halogenated alkanes) is 2. The van der Waals surface area contributed by atoms with Crippen molar-refractivity contribution in [3.05, 3.63) is 12.2 Å². The van der Waals surface area contributed by atoms with Crippen LogP contribution < -0.4 is 5.32 Å². The molecule has 1 N–H and O–H groups in total. The Morgan fingerprint density at radius 3 is 2.82 bits per heavy atom. The van der Waals surface area contributed by atoms with Crippen molar-refractivity contribution in [2.45, 2.75) is 39.0 Å². The van der Waals surface area contributed by atoms with E-state index in [0.717, 1.165) is 38.0 Å². The Morgan fingerprint density at radius 2 is 2.18 bits per heavy atom. The van der Waals surface area contributed by atoms with E-state index in [1.807, 2.05) is 6.92 Å². The maximum Gasteiger partial charge on any atom is 0.229 e. The van der Waals surface area contributed by atoms with Crippen molar-refractivity contribution in [2.24, 2.45) is 0 Å². The third-order valence-electron chi connectivity index (χ3n) is 2.19. The maximum absolute atomic E-state index is 11.3. The van der Waals surface area contributed by atoms with Crippen molar-refractivity contribution in [1.29, 1.82) is 5.26 Å². The van der Waals surface area contributed by atoms with Gasteiger partial charge in [-0.1, -0.05) is 12.0 Å². The molecule has 0 aliphatic rings. The van der Waals surface area contributed by atoms with E-state index in [-0.39, 0.29) is 5.91 Å². The van der Waals surface area contributed by atoms with Crippen molar-refractivity contribution in [2.75, 3.05) is 18.1 Å². The predicted molar refractivity (Wildman–Crippen MR) is 73.8 cm³/mol. The normalized spacial score (nSPS) is 9.65. The largest absolute Gasteiger partial charge is 0.355 e. The monoisotopic (exact) mass is 254 g/mol. The minimum Gasteiger partial charge on any atom is -0.355 e.